The lowest BCUT2D eigenvalue weighted by Crippen LogP contribution is -2.41. The fourth-order valence-electron chi connectivity index (χ4n) is 4.16. The Kier molecular flexibility index (Phi) is 5.41. The Labute approximate surface area is 167 Å². The molecule has 0 aliphatic heterocycles. The van der Waals surface area contributed by atoms with Gasteiger partial charge in [-0.2, -0.15) is 0 Å². The Morgan fingerprint density at radius 3 is 2.31 bits per heavy atom. The average molecular weight is 400 g/mol. The zero-order chi connectivity index (χ0) is 21.5. The van der Waals surface area contributed by atoms with E-state index in [0.29, 0.717) is 16.7 Å². The quantitative estimate of drug-likeness (QED) is 0.462. The molecule has 1 aliphatic rings. The Morgan fingerprint density at radius 1 is 1.21 bits per heavy atom. The highest BCUT2D eigenvalue weighted by Gasteiger charge is 2.52. The Morgan fingerprint density at radius 2 is 1.83 bits per heavy atom. The predicted molar refractivity (Wildman–Crippen MR) is 105 cm³/mol. The van der Waals surface area contributed by atoms with Crippen LogP contribution in [-0.2, 0) is 14.9 Å². The number of hydrogen-bond donors (Lipinski definition) is 1. The van der Waals surface area contributed by atoms with Gasteiger partial charge in [0.15, 0.2) is 11.6 Å². The van der Waals surface area contributed by atoms with Crippen molar-refractivity contribution >= 4 is 22.9 Å². The molecule has 0 fully saturated rings. The molecule has 29 heavy (non-hydrogen) atoms. The van der Waals surface area contributed by atoms with Gasteiger partial charge in [-0.15, -0.1) is 0 Å². The summed E-state index contributed by atoms with van der Waals surface area (Å²) in [6.45, 7) is 4.65. The smallest absolute Gasteiger partial charge is 0.180 e. The molecule has 0 amide bonds. The summed E-state index contributed by atoms with van der Waals surface area (Å²) in [6, 6.07) is 8.09. The molecule has 6 heteroatoms. The zero-order valence-electron chi connectivity index (χ0n) is 16.7. The second-order valence-electron chi connectivity index (χ2n) is 7.15. The zero-order valence-corrected chi connectivity index (χ0v) is 16.7. The number of methoxy groups -OCH3 is 1. The third kappa shape index (κ3) is 2.99. The Hall–Kier alpha value is -2.86. The van der Waals surface area contributed by atoms with Crippen molar-refractivity contribution in [2.45, 2.75) is 38.7 Å². The van der Waals surface area contributed by atoms with E-state index >= 15 is 0 Å². The summed E-state index contributed by atoms with van der Waals surface area (Å²) in [4.78, 5) is 25.5. The highest BCUT2D eigenvalue weighted by atomic mass is 19.1. The second kappa shape index (κ2) is 7.52. The fourth-order valence-corrected chi connectivity index (χ4v) is 4.16. The summed E-state index contributed by atoms with van der Waals surface area (Å²) in [5, 5.41) is 10.6. The number of Topliss-reactive ketones (excluding diaryl/α,β-unsaturated/α-hetero) is 2. The van der Waals surface area contributed by atoms with E-state index in [-0.39, 0.29) is 23.5 Å². The van der Waals surface area contributed by atoms with E-state index in [0.717, 1.165) is 12.1 Å². The van der Waals surface area contributed by atoms with Gasteiger partial charge < -0.3 is 9.84 Å². The number of aliphatic hydroxyl groups excluding tert-OH is 1. The van der Waals surface area contributed by atoms with Crippen LogP contribution in [0.2, 0.25) is 0 Å². The van der Waals surface area contributed by atoms with Gasteiger partial charge in [0.25, 0.3) is 0 Å². The van der Waals surface area contributed by atoms with Crippen molar-refractivity contribution in [1.82, 2.24) is 0 Å². The monoisotopic (exact) mass is 400 g/mol. The maximum absolute atomic E-state index is 14.5. The molecule has 3 rings (SSSR count). The minimum Gasteiger partial charge on any atom is -0.495 e. The van der Waals surface area contributed by atoms with Crippen molar-refractivity contribution in [2.24, 2.45) is 0 Å². The molecule has 0 saturated heterocycles. The van der Waals surface area contributed by atoms with Gasteiger partial charge in [-0.1, -0.05) is 25.1 Å². The fraction of sp³-hybridized carbons (Fsp3) is 0.304. The summed E-state index contributed by atoms with van der Waals surface area (Å²) < 4.78 is 34.4. The topological polar surface area (TPSA) is 63.6 Å². The third-order valence-electron chi connectivity index (χ3n) is 5.70. The number of halogens is 2. The molecule has 4 nitrogen and oxygen atoms in total. The standard InChI is InChI=1S/C23H22F2O4/c1-5-23(13(3)27)16-10-9-14(12(2)26)11-15(16)19(22(23)28)21(29-4)20-17(24)7-6-8-18(20)25/h6-11,13,27H,5H2,1-4H3/b21-19-. The van der Waals surface area contributed by atoms with Crippen LogP contribution in [0.5, 0.6) is 0 Å². The maximum atomic E-state index is 14.5. The van der Waals surface area contributed by atoms with Crippen LogP contribution in [0.25, 0.3) is 11.3 Å². The van der Waals surface area contributed by atoms with Crippen molar-refractivity contribution < 1.29 is 28.2 Å². The van der Waals surface area contributed by atoms with Crippen LogP contribution in [0.15, 0.2) is 36.4 Å². The van der Waals surface area contributed by atoms with E-state index < -0.39 is 34.5 Å². The molecule has 0 spiro atoms. The van der Waals surface area contributed by atoms with Crippen molar-refractivity contribution in [3.05, 3.63) is 70.3 Å². The molecule has 2 aromatic carbocycles. The van der Waals surface area contributed by atoms with Crippen LogP contribution >= 0.6 is 0 Å². The Bertz CT molecular complexity index is 1020. The normalized spacial score (nSPS) is 21.0. The largest absolute Gasteiger partial charge is 0.495 e. The van der Waals surface area contributed by atoms with Crippen LogP contribution in [-0.4, -0.2) is 29.9 Å². The number of rotatable bonds is 5. The van der Waals surface area contributed by atoms with Gasteiger partial charge in [0.2, 0.25) is 0 Å². The molecule has 2 aromatic rings. The van der Waals surface area contributed by atoms with Gasteiger partial charge in [0, 0.05) is 5.56 Å². The van der Waals surface area contributed by atoms with Gasteiger partial charge in [-0.25, -0.2) is 8.78 Å². The number of ether oxygens (including phenoxy) is 1. The van der Waals surface area contributed by atoms with E-state index in [2.05, 4.69) is 0 Å². The van der Waals surface area contributed by atoms with Crippen LogP contribution in [0.1, 0.15) is 54.2 Å². The first-order valence-electron chi connectivity index (χ1n) is 9.32. The summed E-state index contributed by atoms with van der Waals surface area (Å²) in [7, 11) is 1.23. The van der Waals surface area contributed by atoms with E-state index in [1.54, 1.807) is 19.1 Å². The van der Waals surface area contributed by atoms with E-state index in [4.69, 9.17) is 4.74 Å². The number of benzene rings is 2. The molecular weight excluding hydrogens is 378 g/mol. The molecule has 152 valence electrons. The first-order valence-corrected chi connectivity index (χ1v) is 9.32. The number of hydrogen-bond acceptors (Lipinski definition) is 4. The van der Waals surface area contributed by atoms with E-state index in [1.165, 1.54) is 33.1 Å². The van der Waals surface area contributed by atoms with Crippen LogP contribution in [0.4, 0.5) is 8.78 Å². The summed E-state index contributed by atoms with van der Waals surface area (Å²) in [6.07, 6.45) is -0.807. The Balaban J connectivity index is 2.47. The number of carbonyl (C=O) groups excluding carboxylic acids is 2. The minimum absolute atomic E-state index is 0.0441. The SMILES string of the molecule is CCC1(C(C)O)C(=O)/C(=C(\OC)c2c(F)cccc2F)c2cc(C(C)=O)ccc21. The van der Waals surface area contributed by atoms with Gasteiger partial charge in [0.1, 0.15) is 17.4 Å². The van der Waals surface area contributed by atoms with Crippen LogP contribution < -0.4 is 0 Å². The number of fused-ring (bicyclic) bond motifs is 1. The first kappa shape index (κ1) is 20.9. The summed E-state index contributed by atoms with van der Waals surface area (Å²) >= 11 is 0. The average Bonchev–Trinajstić information content (AvgIpc) is 2.92. The molecule has 2 atom stereocenters. The molecule has 1 N–H and O–H groups in total. The van der Waals surface area contributed by atoms with E-state index in [9.17, 15) is 23.5 Å². The van der Waals surface area contributed by atoms with Crippen LogP contribution in [0.3, 0.4) is 0 Å². The lowest BCUT2D eigenvalue weighted by atomic mass is 9.74. The maximum Gasteiger partial charge on any atom is 0.180 e. The molecule has 2 unspecified atom stereocenters. The van der Waals surface area contributed by atoms with Crippen LogP contribution in [0, 0.1) is 11.6 Å². The molecule has 0 saturated carbocycles. The molecular formula is C23H22F2O4. The van der Waals surface area contributed by atoms with Crippen molar-refractivity contribution in [3.8, 4) is 0 Å². The second-order valence-corrected chi connectivity index (χ2v) is 7.15. The van der Waals surface area contributed by atoms with Gasteiger partial charge in [-0.05, 0) is 49.6 Å². The lowest BCUT2D eigenvalue weighted by Gasteiger charge is -2.30. The van der Waals surface area contributed by atoms with Gasteiger partial charge >= 0.3 is 0 Å². The number of carbonyl (C=O) groups is 2. The molecule has 0 bridgehead atoms. The number of ketones is 2. The molecule has 0 radical (unpaired) electrons. The molecule has 0 aromatic heterocycles. The van der Waals surface area contributed by atoms with Crippen molar-refractivity contribution in [1.29, 1.82) is 0 Å². The first-order chi connectivity index (χ1) is 13.7. The lowest BCUT2D eigenvalue weighted by molar-refractivity contribution is -0.122. The number of allylic oxidation sites excluding steroid dienone is 1. The minimum atomic E-state index is -1.30. The number of aliphatic hydroxyl groups is 1. The summed E-state index contributed by atoms with van der Waals surface area (Å²) in [5.74, 6) is -2.73. The van der Waals surface area contributed by atoms with Crippen molar-refractivity contribution in [2.75, 3.05) is 7.11 Å². The summed E-state index contributed by atoms with van der Waals surface area (Å²) in [5.41, 5.74) is -0.620. The van der Waals surface area contributed by atoms with Crippen molar-refractivity contribution in [3.63, 3.8) is 0 Å². The third-order valence-corrected chi connectivity index (χ3v) is 5.70. The molecule has 1 aliphatic carbocycles. The van der Waals surface area contributed by atoms with Gasteiger partial charge in [-0.3, -0.25) is 9.59 Å². The highest BCUT2D eigenvalue weighted by Crippen LogP contribution is 2.50. The molecule has 0 heterocycles. The van der Waals surface area contributed by atoms with E-state index in [1.807, 2.05) is 0 Å². The van der Waals surface area contributed by atoms with Gasteiger partial charge in [0.05, 0.1) is 29.8 Å². The highest BCUT2D eigenvalue weighted by molar-refractivity contribution is 6.35. The predicted octanol–water partition coefficient (Wildman–Crippen LogP) is 4.29.